The number of anilines is 1. The van der Waals surface area contributed by atoms with Crippen LogP contribution in [-0.4, -0.2) is 59.2 Å². The van der Waals surface area contributed by atoms with Crippen molar-refractivity contribution in [2.75, 3.05) is 37.7 Å². The number of hydrogen-bond acceptors (Lipinski definition) is 5. The summed E-state index contributed by atoms with van der Waals surface area (Å²) in [7, 11) is 0. The lowest BCUT2D eigenvalue weighted by Gasteiger charge is -2.43. The predicted octanol–water partition coefficient (Wildman–Crippen LogP) is 2.17. The molecule has 1 aliphatic carbocycles. The van der Waals surface area contributed by atoms with E-state index in [1.54, 1.807) is 6.20 Å². The van der Waals surface area contributed by atoms with Crippen molar-refractivity contribution in [3.63, 3.8) is 0 Å². The molecule has 3 fully saturated rings. The molecule has 0 radical (unpaired) electrons. The average molecular weight is 344 g/mol. The van der Waals surface area contributed by atoms with E-state index < -0.39 is 0 Å². The lowest BCUT2D eigenvalue weighted by Crippen LogP contribution is -2.53. The molecule has 6 heteroatoms. The Hall–Kier alpha value is -1.69. The molecule has 6 nitrogen and oxygen atoms in total. The summed E-state index contributed by atoms with van der Waals surface area (Å²) in [6.45, 7) is 6.03. The second-order valence-electron chi connectivity index (χ2n) is 7.86. The van der Waals surface area contributed by atoms with E-state index in [4.69, 9.17) is 4.74 Å². The monoisotopic (exact) mass is 344 g/mol. The third-order valence-corrected chi connectivity index (χ3v) is 6.00. The number of aromatic nitrogens is 2. The Bertz CT molecular complexity index is 624. The van der Waals surface area contributed by atoms with Crippen LogP contribution >= 0.6 is 0 Å². The minimum Gasteiger partial charge on any atom is -0.372 e. The molecule has 1 saturated carbocycles. The van der Waals surface area contributed by atoms with Crippen LogP contribution in [0.1, 0.15) is 44.2 Å². The third-order valence-electron chi connectivity index (χ3n) is 6.00. The van der Waals surface area contributed by atoms with Gasteiger partial charge in [-0.1, -0.05) is 6.42 Å². The summed E-state index contributed by atoms with van der Waals surface area (Å²) in [5, 5.41) is 0. The topological polar surface area (TPSA) is 58.6 Å². The van der Waals surface area contributed by atoms with Crippen LogP contribution in [-0.2, 0) is 9.53 Å². The first-order valence-electron chi connectivity index (χ1n) is 9.59. The SMILES string of the molecule is Cc1cncc(N2CCC3(CC2)CN(CC2CCC2)C(=O)CCO3)n1. The molecule has 1 aromatic heterocycles. The van der Waals surface area contributed by atoms with E-state index in [9.17, 15) is 4.79 Å². The van der Waals surface area contributed by atoms with Crippen molar-refractivity contribution in [1.29, 1.82) is 0 Å². The van der Waals surface area contributed by atoms with Crippen LogP contribution in [0, 0.1) is 12.8 Å². The van der Waals surface area contributed by atoms with Gasteiger partial charge in [0.25, 0.3) is 0 Å². The molecule has 0 atom stereocenters. The van der Waals surface area contributed by atoms with Crippen molar-refractivity contribution >= 4 is 11.7 Å². The molecule has 3 heterocycles. The first-order valence-corrected chi connectivity index (χ1v) is 9.59. The highest BCUT2D eigenvalue weighted by molar-refractivity contribution is 5.76. The van der Waals surface area contributed by atoms with E-state index in [1.807, 2.05) is 13.1 Å². The summed E-state index contributed by atoms with van der Waals surface area (Å²) in [4.78, 5) is 25.7. The van der Waals surface area contributed by atoms with Gasteiger partial charge < -0.3 is 14.5 Å². The molecular weight excluding hydrogens is 316 g/mol. The Kier molecular flexibility index (Phi) is 4.63. The maximum Gasteiger partial charge on any atom is 0.224 e. The van der Waals surface area contributed by atoms with Gasteiger partial charge in [0.15, 0.2) is 0 Å². The zero-order chi connectivity index (χ0) is 17.3. The summed E-state index contributed by atoms with van der Waals surface area (Å²) in [6.07, 6.45) is 9.91. The van der Waals surface area contributed by atoms with Crippen molar-refractivity contribution in [3.05, 3.63) is 18.1 Å². The largest absolute Gasteiger partial charge is 0.372 e. The average Bonchev–Trinajstić information content (AvgIpc) is 2.71. The van der Waals surface area contributed by atoms with Gasteiger partial charge in [0.05, 0.1) is 30.5 Å². The van der Waals surface area contributed by atoms with Gasteiger partial charge in [-0.05, 0) is 38.5 Å². The normalized spacial score (nSPS) is 24.3. The second-order valence-corrected chi connectivity index (χ2v) is 7.86. The van der Waals surface area contributed by atoms with E-state index in [1.165, 1.54) is 19.3 Å². The van der Waals surface area contributed by atoms with E-state index >= 15 is 0 Å². The maximum absolute atomic E-state index is 12.5. The van der Waals surface area contributed by atoms with Gasteiger partial charge in [0.1, 0.15) is 5.82 Å². The summed E-state index contributed by atoms with van der Waals surface area (Å²) in [6, 6.07) is 0. The first kappa shape index (κ1) is 16.8. The number of nitrogens with zero attached hydrogens (tertiary/aromatic N) is 4. The molecular formula is C19H28N4O2. The Labute approximate surface area is 149 Å². The molecule has 25 heavy (non-hydrogen) atoms. The molecule has 136 valence electrons. The van der Waals surface area contributed by atoms with E-state index in [-0.39, 0.29) is 11.5 Å². The van der Waals surface area contributed by atoms with E-state index in [2.05, 4.69) is 19.8 Å². The molecule has 3 aliphatic rings. The fourth-order valence-corrected chi connectivity index (χ4v) is 4.20. The zero-order valence-corrected chi connectivity index (χ0v) is 15.1. The molecule has 2 aliphatic heterocycles. The van der Waals surface area contributed by atoms with Gasteiger partial charge in [0, 0.05) is 32.4 Å². The standard InChI is InChI=1S/C19H28N4O2/c1-15-11-20-12-17(21-15)22-8-6-19(7-9-22)14-23(13-16-3-2-4-16)18(24)5-10-25-19/h11-12,16H,2-10,13-14H2,1H3. The molecule has 0 N–H and O–H groups in total. The van der Waals surface area contributed by atoms with Crippen LogP contribution < -0.4 is 4.90 Å². The molecule has 1 amide bonds. The van der Waals surface area contributed by atoms with Crippen molar-refractivity contribution in [3.8, 4) is 0 Å². The lowest BCUT2D eigenvalue weighted by atomic mass is 9.84. The lowest BCUT2D eigenvalue weighted by molar-refractivity contribution is -0.132. The number of piperidine rings is 1. The minimum absolute atomic E-state index is 0.177. The fraction of sp³-hybridized carbons (Fsp3) is 0.737. The Morgan fingerprint density at radius 3 is 2.76 bits per heavy atom. The van der Waals surface area contributed by atoms with Crippen LogP contribution in [0.3, 0.4) is 0 Å². The van der Waals surface area contributed by atoms with E-state index in [0.29, 0.717) is 18.9 Å². The van der Waals surface area contributed by atoms with Gasteiger partial charge in [-0.15, -0.1) is 0 Å². The third kappa shape index (κ3) is 3.64. The predicted molar refractivity (Wildman–Crippen MR) is 95.4 cm³/mol. The molecule has 0 unspecified atom stereocenters. The first-order chi connectivity index (χ1) is 12.1. The number of carbonyl (C=O) groups excluding carboxylic acids is 1. The van der Waals surface area contributed by atoms with Crippen molar-refractivity contribution in [1.82, 2.24) is 14.9 Å². The van der Waals surface area contributed by atoms with Crippen molar-refractivity contribution < 1.29 is 9.53 Å². The number of ether oxygens (including phenoxy) is 1. The highest BCUT2D eigenvalue weighted by Crippen LogP contribution is 2.34. The number of carbonyl (C=O) groups is 1. The summed E-state index contributed by atoms with van der Waals surface area (Å²) in [5.41, 5.74) is 0.768. The van der Waals surface area contributed by atoms with Gasteiger partial charge in [-0.25, -0.2) is 4.98 Å². The molecule has 0 bridgehead atoms. The molecule has 1 aromatic rings. The van der Waals surface area contributed by atoms with Crippen LogP contribution in [0.5, 0.6) is 0 Å². The highest BCUT2D eigenvalue weighted by Gasteiger charge is 2.41. The smallest absolute Gasteiger partial charge is 0.224 e. The number of aryl methyl sites for hydroxylation is 1. The Morgan fingerprint density at radius 1 is 1.28 bits per heavy atom. The van der Waals surface area contributed by atoms with Crippen molar-refractivity contribution in [2.45, 2.75) is 51.0 Å². The van der Waals surface area contributed by atoms with Gasteiger partial charge in [0.2, 0.25) is 5.91 Å². The van der Waals surface area contributed by atoms with Crippen LogP contribution in [0.15, 0.2) is 12.4 Å². The maximum atomic E-state index is 12.5. The van der Waals surface area contributed by atoms with Gasteiger partial charge in [-0.3, -0.25) is 9.78 Å². The molecule has 4 rings (SSSR count). The van der Waals surface area contributed by atoms with Crippen LogP contribution in [0.4, 0.5) is 5.82 Å². The van der Waals surface area contributed by atoms with Gasteiger partial charge >= 0.3 is 0 Å². The highest BCUT2D eigenvalue weighted by atomic mass is 16.5. The second kappa shape index (κ2) is 6.90. The zero-order valence-electron chi connectivity index (χ0n) is 15.1. The Balaban J connectivity index is 1.42. The van der Waals surface area contributed by atoms with Gasteiger partial charge in [-0.2, -0.15) is 0 Å². The quantitative estimate of drug-likeness (QED) is 0.841. The summed E-state index contributed by atoms with van der Waals surface area (Å²) in [5.74, 6) is 1.93. The minimum atomic E-state index is -0.177. The fourth-order valence-electron chi connectivity index (χ4n) is 4.20. The molecule has 1 spiro atoms. The number of amides is 1. The Morgan fingerprint density at radius 2 is 2.08 bits per heavy atom. The number of rotatable bonds is 3. The van der Waals surface area contributed by atoms with E-state index in [0.717, 1.165) is 50.5 Å². The molecule has 2 saturated heterocycles. The van der Waals surface area contributed by atoms with Crippen LogP contribution in [0.2, 0.25) is 0 Å². The molecule has 0 aromatic carbocycles. The van der Waals surface area contributed by atoms with Crippen LogP contribution in [0.25, 0.3) is 0 Å². The summed E-state index contributed by atoms with van der Waals surface area (Å²) >= 11 is 0. The van der Waals surface area contributed by atoms with Crippen molar-refractivity contribution in [2.24, 2.45) is 5.92 Å². The summed E-state index contributed by atoms with van der Waals surface area (Å²) < 4.78 is 6.25. The number of hydrogen-bond donors (Lipinski definition) is 0.